The van der Waals surface area contributed by atoms with Crippen LogP contribution in [-0.2, 0) is 0 Å². The Morgan fingerprint density at radius 3 is 2.74 bits per heavy atom. The Labute approximate surface area is 119 Å². The number of aryl methyl sites for hydroxylation is 1. The number of hydrogen-bond donors (Lipinski definition) is 1. The minimum absolute atomic E-state index is 0.620. The van der Waals surface area contributed by atoms with Crippen LogP contribution in [0.5, 0.6) is 0 Å². The number of nitrogens with one attached hydrogen (secondary N) is 2. The molecule has 0 radical (unpaired) electrons. The second-order valence-electron chi connectivity index (χ2n) is 5.54. The van der Waals surface area contributed by atoms with Crippen molar-refractivity contribution in [2.45, 2.75) is 45.1 Å². The number of rotatable bonds is 2. The number of fused-ring (bicyclic) bond motifs is 1. The number of benzene rings is 1. The van der Waals surface area contributed by atoms with Crippen molar-refractivity contribution in [2.75, 3.05) is 5.32 Å². The molecule has 1 aromatic carbocycles. The van der Waals surface area contributed by atoms with Gasteiger partial charge in [-0.1, -0.05) is 30.9 Å². The standard InChI is InChI=1S/C16H19ClN2/c1-11-9-15(19-13-5-3-2-4-6-13)14-8-7-12(17)10-16(14)18-11/h7-10,13H,2-6H2,1H3,(H,18,19)/p+1. The number of hydrogen-bond acceptors (Lipinski definition) is 1. The molecule has 1 aromatic heterocycles. The lowest BCUT2D eigenvalue weighted by Gasteiger charge is -2.24. The van der Waals surface area contributed by atoms with Crippen LogP contribution in [0.2, 0.25) is 5.02 Å². The molecule has 1 saturated carbocycles. The van der Waals surface area contributed by atoms with E-state index in [0.29, 0.717) is 6.04 Å². The summed E-state index contributed by atoms with van der Waals surface area (Å²) >= 11 is 6.07. The molecule has 1 aliphatic rings. The lowest BCUT2D eigenvalue weighted by molar-refractivity contribution is -0.354. The second-order valence-corrected chi connectivity index (χ2v) is 5.97. The molecule has 1 aliphatic carbocycles. The Hall–Kier alpha value is -1.28. The minimum Gasteiger partial charge on any atom is -0.381 e. The molecule has 0 spiro atoms. The quantitative estimate of drug-likeness (QED) is 0.866. The van der Waals surface area contributed by atoms with Crippen LogP contribution in [0.1, 0.15) is 37.8 Å². The number of halogens is 1. The highest BCUT2D eigenvalue weighted by Crippen LogP contribution is 2.27. The molecule has 0 saturated heterocycles. The lowest BCUT2D eigenvalue weighted by Crippen LogP contribution is -2.23. The normalized spacial score (nSPS) is 16.7. The zero-order chi connectivity index (χ0) is 13.2. The van der Waals surface area contributed by atoms with E-state index in [9.17, 15) is 0 Å². The van der Waals surface area contributed by atoms with Crippen molar-refractivity contribution >= 4 is 28.2 Å². The Kier molecular flexibility index (Phi) is 3.61. The first-order valence-electron chi connectivity index (χ1n) is 7.11. The molecule has 100 valence electrons. The van der Waals surface area contributed by atoms with Crippen molar-refractivity contribution in [3.63, 3.8) is 0 Å². The number of H-pyrrole nitrogens is 1. The van der Waals surface area contributed by atoms with Crippen LogP contribution in [0.4, 0.5) is 5.69 Å². The maximum atomic E-state index is 6.07. The molecule has 2 aromatic rings. The van der Waals surface area contributed by atoms with E-state index in [0.717, 1.165) is 16.2 Å². The van der Waals surface area contributed by atoms with Gasteiger partial charge >= 0.3 is 0 Å². The molecular weight excluding hydrogens is 256 g/mol. The van der Waals surface area contributed by atoms with Crippen LogP contribution in [0.3, 0.4) is 0 Å². The van der Waals surface area contributed by atoms with Gasteiger partial charge in [0.25, 0.3) is 0 Å². The van der Waals surface area contributed by atoms with Gasteiger partial charge in [0.1, 0.15) is 0 Å². The van der Waals surface area contributed by atoms with Crippen LogP contribution >= 0.6 is 11.6 Å². The second kappa shape index (κ2) is 5.38. The summed E-state index contributed by atoms with van der Waals surface area (Å²) in [5.74, 6) is 0. The summed E-state index contributed by atoms with van der Waals surface area (Å²) in [5.41, 5.74) is 3.49. The van der Waals surface area contributed by atoms with E-state index in [1.807, 2.05) is 12.1 Å². The lowest BCUT2D eigenvalue weighted by atomic mass is 9.95. The Balaban J connectivity index is 1.97. The van der Waals surface area contributed by atoms with Crippen molar-refractivity contribution in [3.8, 4) is 0 Å². The molecule has 0 unspecified atom stereocenters. The fourth-order valence-electron chi connectivity index (χ4n) is 2.98. The third-order valence-corrected chi connectivity index (χ3v) is 4.16. The molecule has 0 amide bonds. The molecule has 3 heteroatoms. The van der Waals surface area contributed by atoms with E-state index in [1.165, 1.54) is 43.2 Å². The van der Waals surface area contributed by atoms with Crippen LogP contribution in [0.25, 0.3) is 10.9 Å². The summed E-state index contributed by atoms with van der Waals surface area (Å²) in [7, 11) is 0. The number of aromatic amines is 1. The highest BCUT2D eigenvalue weighted by atomic mass is 35.5. The molecule has 2 nitrogen and oxygen atoms in total. The van der Waals surface area contributed by atoms with Gasteiger partial charge in [0.2, 0.25) is 5.52 Å². The van der Waals surface area contributed by atoms with Gasteiger partial charge in [-0.05, 0) is 25.0 Å². The SMILES string of the molecule is Cc1cc(NC2CCCCC2)c2ccc(Cl)cc2[nH+]1. The van der Waals surface area contributed by atoms with Crippen LogP contribution < -0.4 is 10.3 Å². The van der Waals surface area contributed by atoms with Gasteiger partial charge in [0.15, 0.2) is 5.69 Å². The third kappa shape index (κ3) is 2.84. The van der Waals surface area contributed by atoms with E-state index < -0.39 is 0 Å². The largest absolute Gasteiger partial charge is 0.381 e. The van der Waals surface area contributed by atoms with E-state index in [-0.39, 0.29) is 0 Å². The fraction of sp³-hybridized carbons (Fsp3) is 0.438. The van der Waals surface area contributed by atoms with Crippen molar-refractivity contribution in [3.05, 3.63) is 35.0 Å². The summed E-state index contributed by atoms with van der Waals surface area (Å²) in [5, 5.41) is 5.72. The van der Waals surface area contributed by atoms with Gasteiger partial charge in [-0.3, -0.25) is 0 Å². The van der Waals surface area contributed by atoms with Crippen LogP contribution in [-0.4, -0.2) is 6.04 Å². The molecule has 2 N–H and O–H groups in total. The predicted molar refractivity (Wildman–Crippen MR) is 80.7 cm³/mol. The molecule has 0 aliphatic heterocycles. The highest BCUT2D eigenvalue weighted by Gasteiger charge is 2.16. The first kappa shape index (κ1) is 12.7. The van der Waals surface area contributed by atoms with E-state index in [2.05, 4.69) is 29.4 Å². The van der Waals surface area contributed by atoms with Gasteiger partial charge in [-0.15, -0.1) is 0 Å². The van der Waals surface area contributed by atoms with Crippen molar-refractivity contribution in [1.82, 2.24) is 0 Å². The smallest absolute Gasteiger partial charge is 0.214 e. The van der Waals surface area contributed by atoms with E-state index in [4.69, 9.17) is 11.6 Å². The summed E-state index contributed by atoms with van der Waals surface area (Å²) in [6.45, 7) is 2.09. The first-order chi connectivity index (χ1) is 9.22. The van der Waals surface area contributed by atoms with E-state index in [1.54, 1.807) is 0 Å². The first-order valence-corrected chi connectivity index (χ1v) is 7.49. The molecule has 3 rings (SSSR count). The average molecular weight is 276 g/mol. The van der Waals surface area contributed by atoms with Crippen LogP contribution in [0.15, 0.2) is 24.3 Å². The summed E-state index contributed by atoms with van der Waals surface area (Å²) in [4.78, 5) is 3.38. The van der Waals surface area contributed by atoms with Crippen molar-refractivity contribution < 1.29 is 4.98 Å². The Morgan fingerprint density at radius 1 is 1.16 bits per heavy atom. The molecular formula is C16H20ClN2+. The minimum atomic E-state index is 0.620. The maximum Gasteiger partial charge on any atom is 0.214 e. The highest BCUT2D eigenvalue weighted by molar-refractivity contribution is 6.31. The average Bonchev–Trinajstić information content (AvgIpc) is 2.39. The molecule has 1 heterocycles. The third-order valence-electron chi connectivity index (χ3n) is 3.93. The van der Waals surface area contributed by atoms with Crippen LogP contribution in [0, 0.1) is 6.92 Å². The molecule has 0 bridgehead atoms. The topological polar surface area (TPSA) is 26.2 Å². The Bertz CT molecular complexity index is 583. The van der Waals surface area contributed by atoms with Gasteiger partial charge < -0.3 is 5.32 Å². The molecule has 1 fully saturated rings. The van der Waals surface area contributed by atoms with Crippen molar-refractivity contribution in [1.29, 1.82) is 0 Å². The van der Waals surface area contributed by atoms with Gasteiger partial charge in [-0.2, -0.15) is 0 Å². The van der Waals surface area contributed by atoms with Crippen molar-refractivity contribution in [2.24, 2.45) is 0 Å². The monoisotopic (exact) mass is 275 g/mol. The fourth-order valence-corrected chi connectivity index (χ4v) is 3.16. The molecule has 19 heavy (non-hydrogen) atoms. The zero-order valence-corrected chi connectivity index (χ0v) is 12.1. The van der Waals surface area contributed by atoms with E-state index >= 15 is 0 Å². The number of aromatic nitrogens is 1. The summed E-state index contributed by atoms with van der Waals surface area (Å²) in [6.07, 6.45) is 6.65. The predicted octanol–water partition coefficient (Wildman–Crippen LogP) is 4.36. The Morgan fingerprint density at radius 2 is 1.95 bits per heavy atom. The summed E-state index contributed by atoms with van der Waals surface area (Å²) in [6, 6.07) is 8.87. The number of anilines is 1. The molecule has 0 atom stereocenters. The summed E-state index contributed by atoms with van der Waals surface area (Å²) < 4.78 is 0. The number of pyridine rings is 1. The maximum absolute atomic E-state index is 6.07. The zero-order valence-electron chi connectivity index (χ0n) is 11.3. The van der Waals surface area contributed by atoms with Gasteiger partial charge in [-0.25, -0.2) is 4.98 Å². The van der Waals surface area contributed by atoms with Gasteiger partial charge in [0, 0.05) is 30.1 Å². The van der Waals surface area contributed by atoms with Gasteiger partial charge in [0.05, 0.1) is 11.1 Å².